The van der Waals surface area contributed by atoms with E-state index in [9.17, 15) is 0 Å². The van der Waals surface area contributed by atoms with Crippen molar-refractivity contribution < 1.29 is 0 Å². The van der Waals surface area contributed by atoms with E-state index in [0.29, 0.717) is 5.88 Å². The highest BCUT2D eigenvalue weighted by molar-refractivity contribution is 6.19. The molecule has 1 aromatic heterocycles. The van der Waals surface area contributed by atoms with Gasteiger partial charge >= 0.3 is 0 Å². The Morgan fingerprint density at radius 2 is 2.36 bits per heavy atom. The van der Waals surface area contributed by atoms with Gasteiger partial charge in [-0.25, -0.2) is 9.97 Å². The van der Waals surface area contributed by atoms with Crippen LogP contribution in [0, 0.1) is 6.92 Å². The van der Waals surface area contributed by atoms with Crippen LogP contribution < -0.4 is 5.32 Å². The molecular weight excluding hydrogens is 198 g/mol. The van der Waals surface area contributed by atoms with Gasteiger partial charge in [-0.2, -0.15) is 0 Å². The largest absolute Gasteiger partial charge is 0.363 e. The second kappa shape index (κ2) is 3.73. The average molecular weight is 212 g/mol. The molecule has 0 atom stereocenters. The fourth-order valence-electron chi connectivity index (χ4n) is 1.69. The molecule has 3 nitrogen and oxygen atoms in total. The molecule has 0 saturated heterocycles. The van der Waals surface area contributed by atoms with Gasteiger partial charge in [0.2, 0.25) is 0 Å². The van der Waals surface area contributed by atoms with E-state index in [0.717, 1.165) is 24.5 Å². The first-order chi connectivity index (χ1) is 6.74. The smallest absolute Gasteiger partial charge is 0.130 e. The molecule has 1 aliphatic rings. The summed E-state index contributed by atoms with van der Waals surface area (Å²) in [5, 5.41) is 3.40. The highest BCUT2D eigenvalue weighted by Gasteiger charge is 2.36. The summed E-state index contributed by atoms with van der Waals surface area (Å²) in [6.07, 6.45) is 5.30. The van der Waals surface area contributed by atoms with E-state index in [-0.39, 0.29) is 5.54 Å². The SMILES string of the molecule is Cc1nccc(NC2(CCl)CCC2)n1. The van der Waals surface area contributed by atoms with E-state index in [4.69, 9.17) is 11.6 Å². The lowest BCUT2D eigenvalue weighted by Gasteiger charge is -2.41. The Bertz CT molecular complexity index is 317. The Morgan fingerprint density at radius 1 is 1.57 bits per heavy atom. The third-order valence-corrected chi connectivity index (χ3v) is 3.25. The van der Waals surface area contributed by atoms with Crippen LogP contribution in [0.5, 0.6) is 0 Å². The van der Waals surface area contributed by atoms with Crippen LogP contribution in [0.2, 0.25) is 0 Å². The Kier molecular flexibility index (Phi) is 2.59. The van der Waals surface area contributed by atoms with E-state index in [1.165, 1.54) is 6.42 Å². The lowest BCUT2D eigenvalue weighted by atomic mass is 9.78. The van der Waals surface area contributed by atoms with Gasteiger partial charge in [0.1, 0.15) is 11.6 Å². The number of nitrogens with one attached hydrogen (secondary N) is 1. The van der Waals surface area contributed by atoms with Crippen LogP contribution in [-0.2, 0) is 0 Å². The fraction of sp³-hybridized carbons (Fsp3) is 0.600. The zero-order valence-electron chi connectivity index (χ0n) is 8.26. The fourth-order valence-corrected chi connectivity index (χ4v) is 2.03. The number of aryl methyl sites for hydroxylation is 1. The second-order valence-corrected chi connectivity index (χ2v) is 4.15. The molecule has 1 saturated carbocycles. The number of hydrogen-bond acceptors (Lipinski definition) is 3. The lowest BCUT2D eigenvalue weighted by Crippen LogP contribution is -2.47. The van der Waals surface area contributed by atoms with Crippen molar-refractivity contribution in [2.45, 2.75) is 31.7 Å². The molecule has 76 valence electrons. The van der Waals surface area contributed by atoms with Gasteiger partial charge in [-0.05, 0) is 32.3 Å². The molecular formula is C10H14ClN3. The maximum absolute atomic E-state index is 5.94. The predicted octanol–water partition coefficient (Wildman–Crippen LogP) is 2.36. The van der Waals surface area contributed by atoms with Crippen molar-refractivity contribution in [2.75, 3.05) is 11.2 Å². The first kappa shape index (κ1) is 9.71. The number of nitrogens with zero attached hydrogens (tertiary/aromatic N) is 2. The maximum Gasteiger partial charge on any atom is 0.130 e. The molecule has 0 aromatic carbocycles. The van der Waals surface area contributed by atoms with E-state index < -0.39 is 0 Å². The summed E-state index contributed by atoms with van der Waals surface area (Å²) in [5.74, 6) is 2.33. The van der Waals surface area contributed by atoms with E-state index >= 15 is 0 Å². The highest BCUT2D eigenvalue weighted by atomic mass is 35.5. The minimum absolute atomic E-state index is 0.0857. The first-order valence-corrected chi connectivity index (χ1v) is 5.41. The summed E-state index contributed by atoms with van der Waals surface area (Å²) in [5.41, 5.74) is 0.0857. The zero-order valence-corrected chi connectivity index (χ0v) is 9.01. The molecule has 1 fully saturated rings. The number of anilines is 1. The molecule has 1 heterocycles. The number of aromatic nitrogens is 2. The highest BCUT2D eigenvalue weighted by Crippen LogP contribution is 2.35. The van der Waals surface area contributed by atoms with Crippen molar-refractivity contribution >= 4 is 17.4 Å². The van der Waals surface area contributed by atoms with E-state index in [1.807, 2.05) is 13.0 Å². The van der Waals surface area contributed by atoms with Gasteiger partial charge in [0.25, 0.3) is 0 Å². The lowest BCUT2D eigenvalue weighted by molar-refractivity contribution is 0.310. The minimum Gasteiger partial charge on any atom is -0.363 e. The predicted molar refractivity (Wildman–Crippen MR) is 57.7 cm³/mol. The standard InChI is InChI=1S/C10H14ClN3/c1-8-12-6-3-9(13-8)14-10(7-11)4-2-5-10/h3,6H,2,4-5,7H2,1H3,(H,12,13,14). The molecule has 2 rings (SSSR count). The van der Waals surface area contributed by atoms with Crippen LogP contribution in [0.25, 0.3) is 0 Å². The third-order valence-electron chi connectivity index (χ3n) is 2.74. The maximum atomic E-state index is 5.94. The molecule has 0 unspecified atom stereocenters. The van der Waals surface area contributed by atoms with Gasteiger partial charge in [-0.1, -0.05) is 0 Å². The van der Waals surface area contributed by atoms with Crippen molar-refractivity contribution in [2.24, 2.45) is 0 Å². The molecule has 1 aromatic rings. The molecule has 1 N–H and O–H groups in total. The van der Waals surface area contributed by atoms with Gasteiger partial charge in [0, 0.05) is 12.1 Å². The van der Waals surface area contributed by atoms with E-state index in [1.54, 1.807) is 6.20 Å². The number of halogens is 1. The Morgan fingerprint density at radius 3 is 2.86 bits per heavy atom. The van der Waals surface area contributed by atoms with Crippen LogP contribution in [0.1, 0.15) is 25.1 Å². The Balaban J connectivity index is 2.09. The van der Waals surface area contributed by atoms with Gasteiger partial charge in [-0.3, -0.25) is 0 Å². The third kappa shape index (κ3) is 1.82. The normalized spacial score (nSPS) is 18.7. The Labute approximate surface area is 88.9 Å². The van der Waals surface area contributed by atoms with Crippen LogP contribution in [0.3, 0.4) is 0 Å². The summed E-state index contributed by atoms with van der Waals surface area (Å²) in [6.45, 7) is 1.89. The molecule has 1 aliphatic carbocycles. The van der Waals surface area contributed by atoms with Gasteiger partial charge in [0.15, 0.2) is 0 Å². The summed E-state index contributed by atoms with van der Waals surface area (Å²) < 4.78 is 0. The second-order valence-electron chi connectivity index (χ2n) is 3.88. The minimum atomic E-state index is 0.0857. The summed E-state index contributed by atoms with van der Waals surface area (Å²) in [6, 6.07) is 1.89. The number of hydrogen-bond donors (Lipinski definition) is 1. The van der Waals surface area contributed by atoms with Gasteiger partial charge in [0.05, 0.1) is 5.54 Å². The molecule has 0 amide bonds. The van der Waals surface area contributed by atoms with Crippen molar-refractivity contribution in [1.29, 1.82) is 0 Å². The zero-order chi connectivity index (χ0) is 10.0. The average Bonchev–Trinajstić information content (AvgIpc) is 2.11. The Hall–Kier alpha value is -0.830. The van der Waals surface area contributed by atoms with Crippen LogP contribution in [0.15, 0.2) is 12.3 Å². The monoisotopic (exact) mass is 211 g/mol. The molecule has 14 heavy (non-hydrogen) atoms. The molecule has 0 spiro atoms. The van der Waals surface area contributed by atoms with E-state index in [2.05, 4.69) is 15.3 Å². The quantitative estimate of drug-likeness (QED) is 0.781. The van der Waals surface area contributed by atoms with Crippen LogP contribution in [0.4, 0.5) is 5.82 Å². The van der Waals surface area contributed by atoms with Crippen LogP contribution >= 0.6 is 11.6 Å². The van der Waals surface area contributed by atoms with Crippen molar-refractivity contribution in [3.8, 4) is 0 Å². The van der Waals surface area contributed by atoms with Gasteiger partial charge < -0.3 is 5.32 Å². The van der Waals surface area contributed by atoms with Crippen molar-refractivity contribution in [1.82, 2.24) is 9.97 Å². The van der Waals surface area contributed by atoms with Crippen molar-refractivity contribution in [3.63, 3.8) is 0 Å². The number of alkyl halides is 1. The van der Waals surface area contributed by atoms with Crippen molar-refractivity contribution in [3.05, 3.63) is 18.1 Å². The topological polar surface area (TPSA) is 37.8 Å². The summed E-state index contributed by atoms with van der Waals surface area (Å²) in [7, 11) is 0. The first-order valence-electron chi connectivity index (χ1n) is 4.88. The molecule has 0 radical (unpaired) electrons. The van der Waals surface area contributed by atoms with Gasteiger partial charge in [-0.15, -0.1) is 11.6 Å². The number of rotatable bonds is 3. The molecule has 0 bridgehead atoms. The molecule has 4 heteroatoms. The summed E-state index contributed by atoms with van der Waals surface area (Å²) >= 11 is 5.94. The summed E-state index contributed by atoms with van der Waals surface area (Å²) in [4.78, 5) is 8.36. The van der Waals surface area contributed by atoms with Crippen LogP contribution in [-0.4, -0.2) is 21.4 Å². The molecule has 0 aliphatic heterocycles.